The lowest BCUT2D eigenvalue weighted by molar-refractivity contribution is -0.140. The number of hydrogen-bond donors (Lipinski definition) is 2. The second-order valence-corrected chi connectivity index (χ2v) is 5.89. The number of amides is 1. The molecule has 2 aromatic rings. The van der Waals surface area contributed by atoms with E-state index < -0.39 is 23.6 Å². The van der Waals surface area contributed by atoms with Gasteiger partial charge in [0.1, 0.15) is 17.0 Å². The summed E-state index contributed by atoms with van der Waals surface area (Å²) in [6, 6.07) is 0. The van der Waals surface area contributed by atoms with E-state index in [0.29, 0.717) is 11.9 Å². The summed E-state index contributed by atoms with van der Waals surface area (Å²) in [7, 11) is 0. The van der Waals surface area contributed by atoms with E-state index in [4.69, 9.17) is 4.74 Å². The Balaban J connectivity index is 1.98. The molecular weight excluding hydrogens is 327 g/mol. The fraction of sp³-hybridized carbons (Fsp3) is 0.429. The molecule has 2 rings (SSSR count). The first kappa shape index (κ1) is 17.7. The molecule has 7 nitrogen and oxygen atoms in total. The molecule has 0 aromatic carbocycles. The van der Waals surface area contributed by atoms with Gasteiger partial charge in [-0.05, 0) is 20.8 Å². The van der Waals surface area contributed by atoms with Crippen LogP contribution in [0.2, 0.25) is 0 Å². The largest absolute Gasteiger partial charge is 0.444 e. The van der Waals surface area contributed by atoms with E-state index in [-0.39, 0.29) is 18.1 Å². The molecule has 1 amide bonds. The number of ether oxygens (including phenoxy) is 1. The van der Waals surface area contributed by atoms with Crippen molar-refractivity contribution in [3.63, 3.8) is 0 Å². The first-order valence-corrected chi connectivity index (χ1v) is 6.95. The number of alkyl halides is 3. The van der Waals surface area contributed by atoms with Crippen LogP contribution in [-0.2, 0) is 17.5 Å². The number of nitrogens with zero attached hydrogens (tertiary/aromatic N) is 3. The Morgan fingerprint density at radius 2 is 1.88 bits per heavy atom. The van der Waals surface area contributed by atoms with Crippen LogP contribution in [-0.4, -0.2) is 31.6 Å². The van der Waals surface area contributed by atoms with E-state index >= 15 is 0 Å². The lowest BCUT2D eigenvalue weighted by Crippen LogP contribution is -2.32. The van der Waals surface area contributed by atoms with Crippen molar-refractivity contribution < 1.29 is 22.7 Å². The lowest BCUT2D eigenvalue weighted by atomic mass is 10.2. The van der Waals surface area contributed by atoms with E-state index in [9.17, 15) is 18.0 Å². The summed E-state index contributed by atoms with van der Waals surface area (Å²) in [6.07, 6.45) is -1.81. The zero-order valence-electron chi connectivity index (χ0n) is 13.2. The van der Waals surface area contributed by atoms with Gasteiger partial charge in [0.25, 0.3) is 0 Å². The van der Waals surface area contributed by atoms with Gasteiger partial charge in [0.2, 0.25) is 0 Å². The number of imidazole rings is 1. The molecule has 2 heterocycles. The number of halogens is 3. The van der Waals surface area contributed by atoms with E-state index in [1.807, 2.05) is 0 Å². The van der Waals surface area contributed by atoms with Gasteiger partial charge >= 0.3 is 12.3 Å². The van der Waals surface area contributed by atoms with Crippen LogP contribution < -0.4 is 5.32 Å². The topological polar surface area (TPSA) is 92.8 Å². The van der Waals surface area contributed by atoms with Gasteiger partial charge in [-0.25, -0.2) is 14.8 Å². The molecule has 0 aliphatic rings. The molecule has 0 saturated carbocycles. The highest BCUT2D eigenvalue weighted by atomic mass is 19.4. The zero-order chi connectivity index (χ0) is 18.0. The highest BCUT2D eigenvalue weighted by Crippen LogP contribution is 2.28. The first-order chi connectivity index (χ1) is 11.0. The number of hydrogen-bond acceptors (Lipinski definition) is 5. The van der Waals surface area contributed by atoms with E-state index in [0.717, 1.165) is 0 Å². The summed E-state index contributed by atoms with van der Waals surface area (Å²) >= 11 is 0. The normalized spacial score (nSPS) is 12.1. The van der Waals surface area contributed by atoms with Gasteiger partial charge in [-0.3, -0.25) is 4.98 Å². The Morgan fingerprint density at radius 1 is 1.17 bits per heavy atom. The molecule has 0 spiro atoms. The molecule has 0 unspecified atom stereocenters. The molecule has 2 N–H and O–H groups in total. The highest BCUT2D eigenvalue weighted by Gasteiger charge is 2.33. The van der Waals surface area contributed by atoms with Crippen molar-refractivity contribution in [1.29, 1.82) is 0 Å². The summed E-state index contributed by atoms with van der Waals surface area (Å²) in [4.78, 5) is 25.3. The Morgan fingerprint density at radius 3 is 2.38 bits per heavy atom. The Labute approximate surface area is 135 Å². The molecule has 0 aliphatic carbocycles. The van der Waals surface area contributed by atoms with Gasteiger partial charge in [-0.1, -0.05) is 0 Å². The number of H-pyrrole nitrogens is 1. The summed E-state index contributed by atoms with van der Waals surface area (Å²) in [6.45, 7) is 5.29. The van der Waals surface area contributed by atoms with Gasteiger partial charge in [0.15, 0.2) is 5.82 Å². The van der Waals surface area contributed by atoms with Crippen LogP contribution in [0.3, 0.4) is 0 Å². The maximum Gasteiger partial charge on any atom is 0.432 e. The van der Waals surface area contributed by atoms with Crippen LogP contribution in [0.15, 0.2) is 18.6 Å². The van der Waals surface area contributed by atoms with Crippen LogP contribution in [0.4, 0.5) is 18.0 Å². The minimum atomic E-state index is -4.50. The van der Waals surface area contributed by atoms with Crippen molar-refractivity contribution in [1.82, 2.24) is 25.3 Å². The summed E-state index contributed by atoms with van der Waals surface area (Å²) in [5.41, 5.74) is -0.997. The molecule has 0 bridgehead atoms. The third-order valence-corrected chi connectivity index (χ3v) is 2.64. The number of aromatic amines is 1. The van der Waals surface area contributed by atoms with Gasteiger partial charge in [0, 0.05) is 0 Å². The summed E-state index contributed by atoms with van der Waals surface area (Å²) < 4.78 is 42.6. The second kappa shape index (κ2) is 6.46. The Bertz CT molecular complexity index is 704. The van der Waals surface area contributed by atoms with Crippen LogP contribution in [0.5, 0.6) is 0 Å². The average Bonchev–Trinajstić information content (AvgIpc) is 2.93. The third-order valence-electron chi connectivity index (χ3n) is 2.64. The van der Waals surface area contributed by atoms with Crippen molar-refractivity contribution >= 4 is 6.09 Å². The Kier molecular flexibility index (Phi) is 4.76. The molecule has 0 saturated heterocycles. The van der Waals surface area contributed by atoms with Gasteiger partial charge in [-0.2, -0.15) is 13.2 Å². The molecule has 2 aromatic heterocycles. The second-order valence-electron chi connectivity index (χ2n) is 5.89. The monoisotopic (exact) mass is 343 g/mol. The number of nitrogens with one attached hydrogen (secondary N) is 2. The summed E-state index contributed by atoms with van der Waals surface area (Å²) in [5.74, 6) is -0.0403. The smallest absolute Gasteiger partial charge is 0.432 e. The van der Waals surface area contributed by atoms with Crippen LogP contribution in [0.25, 0.3) is 11.5 Å². The molecule has 130 valence electrons. The van der Waals surface area contributed by atoms with Crippen LogP contribution in [0, 0.1) is 0 Å². The standard InChI is InChI=1S/C14H16F3N5O2/c1-13(2,3)24-12(23)21-5-8-4-19-9(6-18-8)11-20-7-10(22-11)14(15,16)17/h4,6-7H,5H2,1-3H3,(H,20,22)(H,21,23). The van der Waals surface area contributed by atoms with Crippen molar-refractivity contribution in [2.45, 2.75) is 39.1 Å². The maximum absolute atomic E-state index is 12.5. The van der Waals surface area contributed by atoms with Gasteiger partial charge in [0.05, 0.1) is 30.8 Å². The highest BCUT2D eigenvalue weighted by molar-refractivity contribution is 5.67. The molecular formula is C14H16F3N5O2. The number of carbonyl (C=O) groups is 1. The zero-order valence-corrected chi connectivity index (χ0v) is 13.2. The molecule has 0 fully saturated rings. The average molecular weight is 343 g/mol. The minimum Gasteiger partial charge on any atom is -0.444 e. The molecule has 0 aliphatic heterocycles. The quantitative estimate of drug-likeness (QED) is 0.894. The lowest BCUT2D eigenvalue weighted by Gasteiger charge is -2.19. The van der Waals surface area contributed by atoms with Crippen molar-refractivity contribution in [2.75, 3.05) is 0 Å². The maximum atomic E-state index is 12.5. The number of carbonyl (C=O) groups excluding carboxylic acids is 1. The number of rotatable bonds is 3. The molecule has 0 radical (unpaired) electrons. The Hall–Kier alpha value is -2.65. The number of aromatic nitrogens is 4. The molecule has 24 heavy (non-hydrogen) atoms. The first-order valence-electron chi connectivity index (χ1n) is 6.95. The minimum absolute atomic E-state index is 0.0403. The van der Waals surface area contributed by atoms with Crippen molar-refractivity contribution in [3.8, 4) is 11.5 Å². The fourth-order valence-electron chi connectivity index (χ4n) is 1.64. The third kappa shape index (κ3) is 4.93. The van der Waals surface area contributed by atoms with E-state index in [1.54, 1.807) is 20.8 Å². The van der Waals surface area contributed by atoms with E-state index in [2.05, 4.69) is 25.3 Å². The fourth-order valence-corrected chi connectivity index (χ4v) is 1.64. The van der Waals surface area contributed by atoms with E-state index in [1.165, 1.54) is 12.4 Å². The van der Waals surface area contributed by atoms with Crippen LogP contribution in [0.1, 0.15) is 32.2 Å². The van der Waals surface area contributed by atoms with Crippen LogP contribution >= 0.6 is 0 Å². The number of alkyl carbamates (subject to hydrolysis) is 1. The predicted molar refractivity (Wildman–Crippen MR) is 77.7 cm³/mol. The van der Waals surface area contributed by atoms with Crippen molar-refractivity contribution in [3.05, 3.63) is 30.0 Å². The van der Waals surface area contributed by atoms with Gasteiger partial charge < -0.3 is 15.0 Å². The predicted octanol–water partition coefficient (Wildman–Crippen LogP) is 2.91. The SMILES string of the molecule is CC(C)(C)OC(=O)NCc1cnc(-c2ncc(C(F)(F)F)[nH]2)cn1. The molecule has 0 atom stereocenters. The van der Waals surface area contributed by atoms with Gasteiger partial charge in [-0.15, -0.1) is 0 Å². The van der Waals surface area contributed by atoms with Crippen molar-refractivity contribution in [2.24, 2.45) is 0 Å². The summed E-state index contributed by atoms with van der Waals surface area (Å²) in [5, 5.41) is 2.50. The molecule has 10 heteroatoms.